The third kappa shape index (κ3) is 3.90. The van der Waals surface area contributed by atoms with Crippen LogP contribution in [0.4, 0.5) is 13.6 Å². The van der Waals surface area contributed by atoms with E-state index >= 15 is 0 Å². The number of urea groups is 1. The summed E-state index contributed by atoms with van der Waals surface area (Å²) in [6.45, 7) is 1.27. The van der Waals surface area contributed by atoms with Gasteiger partial charge in [-0.1, -0.05) is 18.2 Å². The molecule has 0 bridgehead atoms. The smallest absolute Gasteiger partial charge is 0.315 e. The summed E-state index contributed by atoms with van der Waals surface area (Å²) >= 11 is 0. The molecule has 1 saturated heterocycles. The molecule has 5 heterocycles. The Morgan fingerprint density at radius 2 is 2.00 bits per heavy atom. The molecule has 3 aromatic heterocycles. The fraction of sp³-hybridized carbons (Fsp3) is 0.385. The number of hydrogen-bond donors (Lipinski definition) is 2. The lowest BCUT2D eigenvalue weighted by atomic mass is 9.75. The Morgan fingerprint density at radius 3 is 2.86 bits per heavy atom. The molecule has 36 heavy (non-hydrogen) atoms. The van der Waals surface area contributed by atoms with E-state index in [2.05, 4.69) is 37.5 Å². The molecule has 0 radical (unpaired) electrons. The first-order valence-corrected chi connectivity index (χ1v) is 12.2. The van der Waals surface area contributed by atoms with E-state index in [-0.39, 0.29) is 17.1 Å². The molecule has 2 amide bonds. The second-order valence-electron chi connectivity index (χ2n) is 9.77. The van der Waals surface area contributed by atoms with E-state index in [0.29, 0.717) is 18.5 Å². The zero-order chi connectivity index (χ0) is 24.9. The summed E-state index contributed by atoms with van der Waals surface area (Å²) in [7, 11) is 1.62. The summed E-state index contributed by atoms with van der Waals surface area (Å²) in [5, 5.41) is 15.7. The van der Waals surface area contributed by atoms with E-state index in [1.54, 1.807) is 13.2 Å². The number of benzene rings is 1. The summed E-state index contributed by atoms with van der Waals surface area (Å²) < 4.78 is 30.8. The Hall–Kier alpha value is -3.82. The fourth-order valence-electron chi connectivity index (χ4n) is 5.76. The molecule has 2 N–H and O–H groups in total. The molecule has 0 aliphatic carbocycles. The number of para-hydroxylation sites is 1. The maximum atomic E-state index is 13.7. The van der Waals surface area contributed by atoms with Gasteiger partial charge < -0.3 is 10.6 Å². The molecular weight excluding hydrogens is 464 g/mol. The molecule has 2 aliphatic heterocycles. The summed E-state index contributed by atoms with van der Waals surface area (Å²) in [5.74, 6) is 0. The quantitative estimate of drug-likeness (QED) is 0.437. The third-order valence-corrected chi connectivity index (χ3v) is 7.59. The van der Waals surface area contributed by atoms with Crippen molar-refractivity contribution < 1.29 is 13.6 Å². The van der Waals surface area contributed by atoms with Crippen molar-refractivity contribution in [3.63, 3.8) is 0 Å². The number of fused-ring (bicyclic) bond motifs is 3. The second-order valence-corrected chi connectivity index (χ2v) is 9.77. The van der Waals surface area contributed by atoms with Gasteiger partial charge in [0.2, 0.25) is 0 Å². The van der Waals surface area contributed by atoms with Crippen LogP contribution in [0.25, 0.3) is 22.2 Å². The van der Waals surface area contributed by atoms with Crippen LogP contribution in [-0.2, 0) is 19.0 Å². The summed E-state index contributed by atoms with van der Waals surface area (Å²) in [6.07, 6.45) is 3.63. The van der Waals surface area contributed by atoms with Crippen molar-refractivity contribution in [2.45, 2.75) is 50.1 Å². The highest BCUT2D eigenvalue weighted by molar-refractivity contribution is 5.82. The minimum atomic E-state index is -2.71. The van der Waals surface area contributed by atoms with Gasteiger partial charge in [0.05, 0.1) is 17.3 Å². The number of halogens is 2. The highest BCUT2D eigenvalue weighted by Gasteiger charge is 2.42. The lowest BCUT2D eigenvalue weighted by Gasteiger charge is -2.29. The van der Waals surface area contributed by atoms with E-state index in [1.807, 2.05) is 30.5 Å². The van der Waals surface area contributed by atoms with Crippen molar-refractivity contribution in [1.82, 2.24) is 35.2 Å². The molecule has 2 aliphatic rings. The van der Waals surface area contributed by atoms with Crippen molar-refractivity contribution in [1.29, 1.82) is 0 Å². The number of amides is 2. The Balaban J connectivity index is 1.33. The number of aryl methyl sites for hydroxylation is 2. The van der Waals surface area contributed by atoms with E-state index in [4.69, 9.17) is 5.10 Å². The Labute approximate surface area is 206 Å². The maximum Gasteiger partial charge on any atom is 0.315 e. The van der Waals surface area contributed by atoms with Gasteiger partial charge in [0, 0.05) is 60.2 Å². The van der Waals surface area contributed by atoms with Gasteiger partial charge >= 0.3 is 6.03 Å². The van der Waals surface area contributed by atoms with Gasteiger partial charge in [-0.2, -0.15) is 10.2 Å². The molecule has 2 atom stereocenters. The van der Waals surface area contributed by atoms with Crippen LogP contribution < -0.4 is 10.6 Å². The zero-order valence-electron chi connectivity index (χ0n) is 19.9. The molecule has 4 aromatic rings. The number of carbonyl (C=O) groups is 1. The third-order valence-electron chi connectivity index (χ3n) is 7.59. The van der Waals surface area contributed by atoms with E-state index in [0.717, 1.165) is 53.7 Å². The van der Waals surface area contributed by atoms with Crippen LogP contribution in [0, 0.1) is 0 Å². The minimum absolute atomic E-state index is 0.208. The number of pyridine rings is 1. The van der Waals surface area contributed by atoms with Crippen LogP contribution >= 0.6 is 0 Å². The average Bonchev–Trinajstić information content (AvgIpc) is 3.56. The van der Waals surface area contributed by atoms with Gasteiger partial charge in [-0.25, -0.2) is 13.6 Å². The van der Waals surface area contributed by atoms with Crippen LogP contribution in [0.3, 0.4) is 0 Å². The normalized spacial score (nSPS) is 22.2. The number of carbonyl (C=O) groups excluding carboxylic acids is 1. The van der Waals surface area contributed by atoms with Gasteiger partial charge in [0.1, 0.15) is 5.69 Å². The standard InChI is InChI=1S/C26H27F2N7O/c1-34-15-18(23(33-34)24(27)28)20-6-7-26(8-10-29-25(36)31-20)9-11-35-22(26)13-21(32-35)17-12-16-4-2-3-5-19(16)30-14-17/h2-5,12-15,20,24H,6-11H2,1H3,(H2,29,31,36). The van der Waals surface area contributed by atoms with Crippen molar-refractivity contribution >= 4 is 16.9 Å². The lowest BCUT2D eigenvalue weighted by Crippen LogP contribution is -2.38. The first-order chi connectivity index (χ1) is 17.4. The maximum absolute atomic E-state index is 13.7. The largest absolute Gasteiger partial charge is 0.338 e. The van der Waals surface area contributed by atoms with E-state index in [9.17, 15) is 13.6 Å². The number of alkyl halides is 2. The van der Waals surface area contributed by atoms with Gasteiger partial charge in [0.15, 0.2) is 0 Å². The lowest BCUT2D eigenvalue weighted by molar-refractivity contribution is 0.143. The highest BCUT2D eigenvalue weighted by atomic mass is 19.3. The second kappa shape index (κ2) is 8.69. The molecule has 6 rings (SSSR count). The van der Waals surface area contributed by atoms with Gasteiger partial charge in [-0.3, -0.25) is 14.3 Å². The minimum Gasteiger partial charge on any atom is -0.338 e. The van der Waals surface area contributed by atoms with E-state index in [1.165, 1.54) is 4.68 Å². The molecule has 10 heteroatoms. The number of aromatic nitrogens is 5. The molecule has 186 valence electrons. The van der Waals surface area contributed by atoms with Crippen LogP contribution in [0.5, 0.6) is 0 Å². The van der Waals surface area contributed by atoms with Crippen LogP contribution in [0.2, 0.25) is 0 Å². The first-order valence-electron chi connectivity index (χ1n) is 12.2. The molecular formula is C26H27F2N7O. The van der Waals surface area contributed by atoms with Crippen LogP contribution in [0.1, 0.15) is 55.1 Å². The molecule has 8 nitrogen and oxygen atoms in total. The monoisotopic (exact) mass is 491 g/mol. The van der Waals surface area contributed by atoms with Gasteiger partial charge in [0.25, 0.3) is 6.43 Å². The number of hydrogen-bond acceptors (Lipinski definition) is 4. The van der Waals surface area contributed by atoms with E-state index < -0.39 is 12.5 Å². The summed E-state index contributed by atoms with van der Waals surface area (Å²) in [6, 6.07) is 11.3. The molecule has 2 unspecified atom stereocenters. The number of rotatable bonds is 3. The van der Waals surface area contributed by atoms with Crippen molar-refractivity contribution in [3.05, 3.63) is 65.7 Å². The van der Waals surface area contributed by atoms with Crippen LogP contribution in [-0.4, -0.2) is 37.1 Å². The van der Waals surface area contributed by atoms with Crippen molar-refractivity contribution in [2.75, 3.05) is 6.54 Å². The molecule has 1 spiro atoms. The number of nitrogens with zero attached hydrogens (tertiary/aromatic N) is 5. The zero-order valence-corrected chi connectivity index (χ0v) is 19.9. The molecule has 1 aromatic carbocycles. The highest BCUT2D eigenvalue weighted by Crippen LogP contribution is 2.45. The fourth-order valence-corrected chi connectivity index (χ4v) is 5.76. The van der Waals surface area contributed by atoms with Gasteiger partial charge in [-0.05, 0) is 43.9 Å². The average molecular weight is 492 g/mol. The Bertz CT molecular complexity index is 1450. The summed E-state index contributed by atoms with van der Waals surface area (Å²) in [5.41, 5.74) is 3.77. The summed E-state index contributed by atoms with van der Waals surface area (Å²) in [4.78, 5) is 17.1. The number of nitrogens with one attached hydrogen (secondary N) is 2. The van der Waals surface area contributed by atoms with Gasteiger partial charge in [-0.15, -0.1) is 0 Å². The first kappa shape index (κ1) is 22.6. The molecule has 1 fully saturated rings. The van der Waals surface area contributed by atoms with Crippen molar-refractivity contribution in [3.8, 4) is 11.3 Å². The molecule has 0 saturated carbocycles. The predicted molar refractivity (Wildman–Crippen MR) is 131 cm³/mol. The SMILES string of the molecule is Cn1cc(C2CCC3(CCNC(=O)N2)CCn2nc(-c4cnc5ccccc5c4)cc23)c(C(F)F)n1. The van der Waals surface area contributed by atoms with Crippen LogP contribution in [0.15, 0.2) is 48.8 Å². The Morgan fingerprint density at radius 1 is 1.14 bits per heavy atom. The Kier molecular flexibility index (Phi) is 5.46. The predicted octanol–water partition coefficient (Wildman–Crippen LogP) is 4.64. The van der Waals surface area contributed by atoms with Crippen molar-refractivity contribution in [2.24, 2.45) is 7.05 Å². The topological polar surface area (TPSA) is 89.7 Å².